The summed E-state index contributed by atoms with van der Waals surface area (Å²) >= 11 is 0. The van der Waals surface area contributed by atoms with Gasteiger partial charge in [0.1, 0.15) is 11.4 Å². The van der Waals surface area contributed by atoms with Crippen molar-refractivity contribution < 1.29 is 14.3 Å². The SMILES string of the molecule is COc1ccc2c(c1)C1(CCN(N)C(C)=O)OC1N2. The van der Waals surface area contributed by atoms with Gasteiger partial charge in [-0.15, -0.1) is 0 Å². The average molecular weight is 263 g/mol. The molecule has 19 heavy (non-hydrogen) atoms. The molecule has 1 amide bonds. The molecule has 2 aliphatic heterocycles. The first-order valence-corrected chi connectivity index (χ1v) is 6.22. The maximum atomic E-state index is 11.1. The quantitative estimate of drug-likeness (QED) is 0.363. The molecular formula is C13H17N3O3. The molecule has 3 N–H and O–H groups in total. The van der Waals surface area contributed by atoms with Crippen molar-refractivity contribution in [2.45, 2.75) is 25.2 Å². The maximum absolute atomic E-state index is 11.1. The average Bonchev–Trinajstić information content (AvgIpc) is 3.03. The van der Waals surface area contributed by atoms with Gasteiger partial charge in [0.2, 0.25) is 5.91 Å². The second kappa shape index (κ2) is 4.11. The molecule has 2 unspecified atom stereocenters. The standard InChI is InChI=1S/C13H17N3O3/c1-8(17)16(14)6-5-13-10-7-9(18-2)3-4-11(10)15-12(13)19-13/h3-4,7,12,15H,5-6,14H2,1-2H3. The molecule has 1 aromatic carbocycles. The van der Waals surface area contributed by atoms with Crippen LogP contribution in [0.2, 0.25) is 0 Å². The summed E-state index contributed by atoms with van der Waals surface area (Å²) in [6, 6.07) is 5.87. The van der Waals surface area contributed by atoms with Gasteiger partial charge in [-0.2, -0.15) is 0 Å². The summed E-state index contributed by atoms with van der Waals surface area (Å²) in [7, 11) is 1.64. The Kier molecular flexibility index (Phi) is 2.65. The second-order valence-electron chi connectivity index (χ2n) is 4.91. The van der Waals surface area contributed by atoms with Crippen LogP contribution in [0.25, 0.3) is 0 Å². The second-order valence-corrected chi connectivity index (χ2v) is 4.91. The van der Waals surface area contributed by atoms with Gasteiger partial charge < -0.3 is 14.8 Å². The summed E-state index contributed by atoms with van der Waals surface area (Å²) in [5, 5.41) is 4.51. The number of hydrogen-bond donors (Lipinski definition) is 2. The number of carbonyl (C=O) groups is 1. The van der Waals surface area contributed by atoms with Crippen molar-refractivity contribution in [3.63, 3.8) is 0 Å². The lowest BCUT2D eigenvalue weighted by molar-refractivity contribution is -0.129. The van der Waals surface area contributed by atoms with Crippen molar-refractivity contribution >= 4 is 11.6 Å². The van der Waals surface area contributed by atoms with E-state index in [1.807, 2.05) is 18.2 Å². The molecule has 2 heterocycles. The summed E-state index contributed by atoms with van der Waals surface area (Å²) in [4.78, 5) is 11.1. The summed E-state index contributed by atoms with van der Waals surface area (Å²) < 4.78 is 11.0. The molecule has 1 fully saturated rings. The Bertz CT molecular complexity index is 534. The molecule has 6 heteroatoms. The van der Waals surface area contributed by atoms with E-state index < -0.39 is 0 Å². The fourth-order valence-corrected chi connectivity index (χ4v) is 2.56. The largest absolute Gasteiger partial charge is 0.497 e. The molecule has 102 valence electrons. The van der Waals surface area contributed by atoms with Gasteiger partial charge >= 0.3 is 0 Å². The maximum Gasteiger partial charge on any atom is 0.233 e. The molecule has 2 atom stereocenters. The summed E-state index contributed by atoms with van der Waals surface area (Å²) in [5.41, 5.74) is 1.77. The van der Waals surface area contributed by atoms with E-state index in [9.17, 15) is 4.79 Å². The van der Waals surface area contributed by atoms with Crippen LogP contribution in [-0.2, 0) is 15.1 Å². The molecular weight excluding hydrogens is 246 g/mol. The number of epoxide rings is 1. The molecule has 6 nitrogen and oxygen atoms in total. The van der Waals surface area contributed by atoms with E-state index in [1.54, 1.807) is 7.11 Å². The van der Waals surface area contributed by atoms with Gasteiger partial charge in [0, 0.05) is 31.1 Å². The van der Waals surface area contributed by atoms with Gasteiger partial charge in [-0.05, 0) is 18.2 Å². The van der Waals surface area contributed by atoms with E-state index in [0.29, 0.717) is 13.0 Å². The van der Waals surface area contributed by atoms with Gasteiger partial charge in [0.05, 0.1) is 7.11 Å². The minimum atomic E-state index is -0.364. The smallest absolute Gasteiger partial charge is 0.233 e. The third-order valence-electron chi connectivity index (χ3n) is 3.79. The summed E-state index contributed by atoms with van der Waals surface area (Å²) in [6.07, 6.45) is 0.649. The highest BCUT2D eigenvalue weighted by molar-refractivity contribution is 5.72. The Morgan fingerprint density at radius 1 is 1.63 bits per heavy atom. The number of amides is 1. The fraction of sp³-hybridized carbons (Fsp3) is 0.462. The lowest BCUT2D eigenvalue weighted by atomic mass is 9.96. The number of rotatable bonds is 4. The number of hydrogen-bond acceptors (Lipinski definition) is 5. The van der Waals surface area contributed by atoms with Crippen LogP contribution >= 0.6 is 0 Å². The number of fused-ring (bicyclic) bond motifs is 3. The minimum absolute atomic E-state index is 0.0186. The Morgan fingerprint density at radius 3 is 3.11 bits per heavy atom. The number of benzene rings is 1. The van der Waals surface area contributed by atoms with Crippen LogP contribution in [0.5, 0.6) is 5.75 Å². The Morgan fingerprint density at radius 2 is 2.42 bits per heavy atom. The number of nitrogens with one attached hydrogen (secondary N) is 1. The number of anilines is 1. The van der Waals surface area contributed by atoms with Crippen molar-refractivity contribution in [2.75, 3.05) is 19.0 Å². The molecule has 0 aliphatic carbocycles. The van der Waals surface area contributed by atoms with Crippen LogP contribution in [0, 0.1) is 0 Å². The van der Waals surface area contributed by atoms with Gasteiger partial charge in [-0.25, -0.2) is 5.84 Å². The monoisotopic (exact) mass is 263 g/mol. The summed E-state index contributed by atoms with van der Waals surface area (Å²) in [6.45, 7) is 1.91. The van der Waals surface area contributed by atoms with E-state index in [-0.39, 0.29) is 17.7 Å². The minimum Gasteiger partial charge on any atom is -0.497 e. The predicted molar refractivity (Wildman–Crippen MR) is 69.4 cm³/mol. The third kappa shape index (κ3) is 1.84. The number of methoxy groups -OCH3 is 1. The van der Waals surface area contributed by atoms with Crippen molar-refractivity contribution in [3.8, 4) is 5.75 Å². The van der Waals surface area contributed by atoms with E-state index in [4.69, 9.17) is 15.3 Å². The van der Waals surface area contributed by atoms with Crippen molar-refractivity contribution in [1.82, 2.24) is 5.01 Å². The highest BCUT2D eigenvalue weighted by Crippen LogP contribution is 2.57. The molecule has 0 saturated carbocycles. The zero-order chi connectivity index (χ0) is 13.6. The first-order chi connectivity index (χ1) is 9.06. The van der Waals surface area contributed by atoms with Gasteiger partial charge in [-0.1, -0.05) is 0 Å². The highest BCUT2D eigenvalue weighted by atomic mass is 16.6. The zero-order valence-corrected chi connectivity index (χ0v) is 11.0. The zero-order valence-electron chi connectivity index (χ0n) is 11.0. The van der Waals surface area contributed by atoms with Crippen LogP contribution in [0.3, 0.4) is 0 Å². The lowest BCUT2D eigenvalue weighted by Crippen LogP contribution is -2.37. The van der Waals surface area contributed by atoms with E-state index in [1.165, 1.54) is 11.9 Å². The van der Waals surface area contributed by atoms with Crippen LogP contribution in [0.15, 0.2) is 18.2 Å². The van der Waals surface area contributed by atoms with Crippen LogP contribution < -0.4 is 15.9 Å². The van der Waals surface area contributed by atoms with Crippen molar-refractivity contribution in [1.29, 1.82) is 0 Å². The predicted octanol–water partition coefficient (Wildman–Crippen LogP) is 0.785. The number of carbonyl (C=O) groups excluding carboxylic acids is 1. The van der Waals surface area contributed by atoms with E-state index in [0.717, 1.165) is 17.0 Å². The van der Waals surface area contributed by atoms with Gasteiger partial charge in [0.25, 0.3) is 0 Å². The normalized spacial score (nSPS) is 26.2. The molecule has 3 rings (SSSR count). The Balaban J connectivity index is 1.80. The molecule has 1 saturated heterocycles. The molecule has 2 aliphatic rings. The van der Waals surface area contributed by atoms with Crippen molar-refractivity contribution in [3.05, 3.63) is 23.8 Å². The van der Waals surface area contributed by atoms with Crippen molar-refractivity contribution in [2.24, 2.45) is 5.84 Å². The molecule has 0 spiro atoms. The van der Waals surface area contributed by atoms with Crippen LogP contribution in [0.1, 0.15) is 18.9 Å². The summed E-state index contributed by atoms with van der Waals surface area (Å²) in [5.74, 6) is 6.28. The van der Waals surface area contributed by atoms with Gasteiger partial charge in [0.15, 0.2) is 6.23 Å². The number of hydrazine groups is 1. The molecule has 0 aromatic heterocycles. The highest BCUT2D eigenvalue weighted by Gasteiger charge is 2.63. The number of nitrogens with two attached hydrogens (primary N) is 1. The fourth-order valence-electron chi connectivity index (χ4n) is 2.56. The molecule has 0 bridgehead atoms. The topological polar surface area (TPSA) is 80.1 Å². The number of nitrogens with zero attached hydrogens (tertiary/aromatic N) is 1. The lowest BCUT2D eigenvalue weighted by Gasteiger charge is -2.17. The number of ether oxygens (including phenoxy) is 2. The Hall–Kier alpha value is -1.79. The molecule has 0 radical (unpaired) electrons. The van der Waals surface area contributed by atoms with Crippen LogP contribution in [-0.4, -0.2) is 30.8 Å². The van der Waals surface area contributed by atoms with Crippen LogP contribution in [0.4, 0.5) is 5.69 Å². The van der Waals surface area contributed by atoms with Gasteiger partial charge in [-0.3, -0.25) is 9.80 Å². The van der Waals surface area contributed by atoms with E-state index in [2.05, 4.69) is 5.32 Å². The first kappa shape index (κ1) is 12.3. The molecule has 1 aromatic rings. The first-order valence-electron chi connectivity index (χ1n) is 6.22. The van der Waals surface area contributed by atoms with E-state index >= 15 is 0 Å². The third-order valence-corrected chi connectivity index (χ3v) is 3.79. The Labute approximate surface area is 111 Å².